The highest BCUT2D eigenvalue weighted by atomic mass is 16.5. The molecule has 23 heavy (non-hydrogen) atoms. The van der Waals surface area contributed by atoms with E-state index in [-0.39, 0.29) is 11.9 Å². The van der Waals surface area contributed by atoms with Crippen molar-refractivity contribution in [3.63, 3.8) is 0 Å². The molecule has 0 radical (unpaired) electrons. The van der Waals surface area contributed by atoms with Crippen molar-refractivity contribution in [2.45, 2.75) is 39.3 Å². The number of amides is 1. The van der Waals surface area contributed by atoms with Crippen molar-refractivity contribution in [2.75, 3.05) is 18.4 Å². The molecule has 2 aromatic heterocycles. The SMILES string of the molecule is Cc1cc(NC(=O)C(C)N2CCC(Cn3ccnn3)CC2)on1. The van der Waals surface area contributed by atoms with Gasteiger partial charge in [-0.3, -0.25) is 19.7 Å². The zero-order valence-electron chi connectivity index (χ0n) is 13.5. The van der Waals surface area contributed by atoms with Crippen molar-refractivity contribution in [3.8, 4) is 0 Å². The minimum absolute atomic E-state index is 0.0594. The van der Waals surface area contributed by atoms with Gasteiger partial charge >= 0.3 is 0 Å². The third kappa shape index (κ3) is 3.95. The summed E-state index contributed by atoms with van der Waals surface area (Å²) in [5.74, 6) is 0.927. The van der Waals surface area contributed by atoms with Crippen LogP contribution in [0.1, 0.15) is 25.5 Å². The molecule has 1 fully saturated rings. The van der Waals surface area contributed by atoms with Crippen molar-refractivity contribution in [1.82, 2.24) is 25.1 Å². The normalized spacial score (nSPS) is 18.0. The van der Waals surface area contributed by atoms with Crippen molar-refractivity contribution in [2.24, 2.45) is 5.92 Å². The molecule has 0 aliphatic carbocycles. The number of nitrogens with zero attached hydrogens (tertiary/aromatic N) is 5. The Balaban J connectivity index is 1.47. The monoisotopic (exact) mass is 318 g/mol. The first kappa shape index (κ1) is 15.7. The van der Waals surface area contributed by atoms with Gasteiger partial charge < -0.3 is 4.52 Å². The fraction of sp³-hybridized carbons (Fsp3) is 0.600. The number of aromatic nitrogens is 4. The summed E-state index contributed by atoms with van der Waals surface area (Å²) in [6.45, 7) is 6.46. The highest BCUT2D eigenvalue weighted by molar-refractivity contribution is 5.93. The molecule has 0 bridgehead atoms. The van der Waals surface area contributed by atoms with Crippen LogP contribution >= 0.6 is 0 Å². The number of anilines is 1. The predicted molar refractivity (Wildman–Crippen MR) is 83.7 cm³/mol. The standard InChI is InChI=1S/C15H22N6O2/c1-11-9-14(23-18-11)17-15(22)12(2)20-6-3-13(4-7-20)10-21-8-5-16-19-21/h5,8-9,12-13H,3-4,6-7,10H2,1-2H3,(H,17,22). The zero-order valence-corrected chi connectivity index (χ0v) is 13.5. The van der Waals surface area contributed by atoms with E-state index in [0.29, 0.717) is 11.8 Å². The molecule has 0 spiro atoms. The van der Waals surface area contributed by atoms with E-state index in [1.165, 1.54) is 0 Å². The lowest BCUT2D eigenvalue weighted by Gasteiger charge is -2.35. The summed E-state index contributed by atoms with van der Waals surface area (Å²) in [5.41, 5.74) is 0.752. The highest BCUT2D eigenvalue weighted by Gasteiger charge is 2.27. The lowest BCUT2D eigenvalue weighted by atomic mass is 9.96. The third-order valence-electron chi connectivity index (χ3n) is 4.37. The number of likely N-dealkylation sites (tertiary alicyclic amines) is 1. The average Bonchev–Trinajstić information content (AvgIpc) is 3.19. The van der Waals surface area contributed by atoms with Gasteiger partial charge in [0.05, 0.1) is 17.9 Å². The number of aryl methyl sites for hydroxylation is 1. The van der Waals surface area contributed by atoms with Crippen LogP contribution in [0.25, 0.3) is 0 Å². The van der Waals surface area contributed by atoms with Crippen LogP contribution in [0.5, 0.6) is 0 Å². The molecule has 1 amide bonds. The molecule has 1 aliphatic heterocycles. The first-order valence-electron chi connectivity index (χ1n) is 7.94. The second-order valence-electron chi connectivity index (χ2n) is 6.10. The van der Waals surface area contributed by atoms with Gasteiger partial charge in [0.1, 0.15) is 0 Å². The Kier molecular flexibility index (Phi) is 4.71. The predicted octanol–water partition coefficient (Wildman–Crippen LogP) is 1.31. The Bertz CT molecular complexity index is 630. The van der Waals surface area contributed by atoms with Crippen LogP contribution in [0.3, 0.4) is 0 Å². The molecule has 0 saturated carbocycles. The fourth-order valence-electron chi connectivity index (χ4n) is 2.93. The summed E-state index contributed by atoms with van der Waals surface area (Å²) in [4.78, 5) is 14.5. The Morgan fingerprint density at radius 1 is 1.48 bits per heavy atom. The van der Waals surface area contributed by atoms with Crippen molar-refractivity contribution < 1.29 is 9.32 Å². The van der Waals surface area contributed by atoms with Crippen LogP contribution in [0.15, 0.2) is 23.0 Å². The van der Waals surface area contributed by atoms with Gasteiger partial charge in [-0.1, -0.05) is 10.4 Å². The number of hydrogen-bond acceptors (Lipinski definition) is 6. The fourth-order valence-corrected chi connectivity index (χ4v) is 2.93. The molecule has 1 aliphatic rings. The largest absolute Gasteiger partial charge is 0.338 e. The summed E-state index contributed by atoms with van der Waals surface area (Å²) in [7, 11) is 0. The van der Waals surface area contributed by atoms with Gasteiger partial charge in [-0.2, -0.15) is 0 Å². The lowest BCUT2D eigenvalue weighted by molar-refractivity contribution is -0.121. The number of piperidine rings is 1. The zero-order chi connectivity index (χ0) is 16.2. The maximum absolute atomic E-state index is 12.3. The van der Waals surface area contributed by atoms with Crippen molar-refractivity contribution >= 4 is 11.8 Å². The summed E-state index contributed by atoms with van der Waals surface area (Å²) < 4.78 is 6.91. The molecule has 124 valence electrons. The van der Waals surface area contributed by atoms with Crippen LogP contribution in [0.2, 0.25) is 0 Å². The first-order chi connectivity index (χ1) is 11.1. The quantitative estimate of drug-likeness (QED) is 0.894. The molecule has 1 atom stereocenters. The Morgan fingerprint density at radius 3 is 2.87 bits per heavy atom. The van der Waals surface area contributed by atoms with Crippen molar-refractivity contribution in [1.29, 1.82) is 0 Å². The summed E-state index contributed by atoms with van der Waals surface area (Å²) in [6, 6.07) is 1.53. The molecule has 3 rings (SSSR count). The van der Waals surface area contributed by atoms with Gasteiger partial charge in [0, 0.05) is 18.8 Å². The smallest absolute Gasteiger partial charge is 0.243 e. The minimum atomic E-state index is -0.187. The molecule has 1 N–H and O–H groups in total. The van der Waals surface area contributed by atoms with E-state index in [2.05, 4.69) is 25.7 Å². The Morgan fingerprint density at radius 2 is 2.26 bits per heavy atom. The van der Waals surface area contributed by atoms with Gasteiger partial charge in [0.15, 0.2) is 0 Å². The van der Waals surface area contributed by atoms with E-state index < -0.39 is 0 Å². The van der Waals surface area contributed by atoms with Gasteiger partial charge in [-0.15, -0.1) is 5.10 Å². The van der Waals surface area contributed by atoms with Crippen LogP contribution in [0, 0.1) is 12.8 Å². The lowest BCUT2D eigenvalue weighted by Crippen LogP contribution is -2.46. The summed E-state index contributed by atoms with van der Waals surface area (Å²) in [6.07, 6.45) is 5.70. The minimum Gasteiger partial charge on any atom is -0.338 e. The van der Waals surface area contributed by atoms with Crippen LogP contribution in [0.4, 0.5) is 5.88 Å². The van der Waals surface area contributed by atoms with E-state index in [1.807, 2.05) is 24.7 Å². The topological polar surface area (TPSA) is 89.1 Å². The number of nitrogens with one attached hydrogen (secondary N) is 1. The van der Waals surface area contributed by atoms with Gasteiger partial charge in [-0.05, 0) is 45.7 Å². The number of hydrogen-bond donors (Lipinski definition) is 1. The molecule has 1 saturated heterocycles. The van der Waals surface area contributed by atoms with Gasteiger partial charge in [-0.25, -0.2) is 0 Å². The molecular formula is C15H22N6O2. The number of carbonyl (C=O) groups excluding carboxylic acids is 1. The van der Waals surface area contributed by atoms with Crippen LogP contribution in [-0.2, 0) is 11.3 Å². The second-order valence-corrected chi connectivity index (χ2v) is 6.10. The second kappa shape index (κ2) is 6.91. The van der Waals surface area contributed by atoms with Gasteiger partial charge in [0.25, 0.3) is 0 Å². The molecule has 8 heteroatoms. The average molecular weight is 318 g/mol. The Hall–Kier alpha value is -2.22. The van der Waals surface area contributed by atoms with Crippen LogP contribution in [-0.4, -0.2) is 50.1 Å². The summed E-state index contributed by atoms with van der Waals surface area (Å²) >= 11 is 0. The van der Waals surface area contributed by atoms with Crippen molar-refractivity contribution in [3.05, 3.63) is 24.2 Å². The molecule has 3 heterocycles. The van der Waals surface area contributed by atoms with E-state index in [0.717, 1.165) is 38.2 Å². The van der Waals surface area contributed by atoms with E-state index in [1.54, 1.807) is 12.3 Å². The third-order valence-corrected chi connectivity index (χ3v) is 4.37. The first-order valence-corrected chi connectivity index (χ1v) is 7.94. The maximum atomic E-state index is 12.3. The van der Waals surface area contributed by atoms with E-state index in [4.69, 9.17) is 4.52 Å². The molecule has 2 aromatic rings. The highest BCUT2D eigenvalue weighted by Crippen LogP contribution is 2.21. The Labute approximate surface area is 134 Å². The molecule has 0 aromatic carbocycles. The van der Waals surface area contributed by atoms with E-state index in [9.17, 15) is 4.79 Å². The molecule has 1 unspecified atom stereocenters. The van der Waals surface area contributed by atoms with Gasteiger partial charge in [0.2, 0.25) is 11.8 Å². The number of rotatable bonds is 5. The molecular weight excluding hydrogens is 296 g/mol. The van der Waals surface area contributed by atoms with Crippen LogP contribution < -0.4 is 5.32 Å². The molecule has 8 nitrogen and oxygen atoms in total. The number of carbonyl (C=O) groups is 1. The summed E-state index contributed by atoms with van der Waals surface area (Å²) in [5, 5.41) is 14.4. The van der Waals surface area contributed by atoms with E-state index >= 15 is 0 Å². The maximum Gasteiger partial charge on any atom is 0.243 e.